The van der Waals surface area contributed by atoms with Crippen molar-refractivity contribution < 1.29 is 9.28 Å². The number of carbonyl (C=O) groups is 1. The summed E-state index contributed by atoms with van der Waals surface area (Å²) in [5.74, 6) is 0. The lowest BCUT2D eigenvalue weighted by molar-refractivity contribution is -0.861. The quantitative estimate of drug-likeness (QED) is 0.447. The summed E-state index contributed by atoms with van der Waals surface area (Å²) >= 11 is 5.11. The van der Waals surface area contributed by atoms with E-state index >= 15 is 0 Å². The van der Waals surface area contributed by atoms with Crippen LogP contribution >= 0.6 is 24.0 Å². The maximum Gasteiger partial charge on any atom is 0.276 e. The summed E-state index contributed by atoms with van der Waals surface area (Å²) in [6.45, 7) is 0.390. The monoisotopic (exact) mass is 172 g/mol. The molecule has 0 amide bonds. The van der Waals surface area contributed by atoms with Crippen LogP contribution in [-0.2, 0) is 4.79 Å². The molecule has 0 atom stereocenters. The van der Waals surface area contributed by atoms with Crippen molar-refractivity contribution in [3.8, 4) is 0 Å². The molecule has 0 bridgehead atoms. The molecule has 0 unspecified atom stereocenters. The standard InChI is InChI=1S/C5H11ClNO.ClH/c1-7(2,3)4-5(6)8;/h4H2,1-3H3;1H/q+1;. The Morgan fingerprint density at radius 1 is 1.44 bits per heavy atom. The van der Waals surface area contributed by atoms with Crippen molar-refractivity contribution in [3.63, 3.8) is 0 Å². The summed E-state index contributed by atoms with van der Waals surface area (Å²) in [6.07, 6.45) is 0. The van der Waals surface area contributed by atoms with Gasteiger partial charge in [0, 0.05) is 0 Å². The fourth-order valence-electron chi connectivity index (χ4n) is 0.373. The van der Waals surface area contributed by atoms with Gasteiger partial charge in [-0.25, -0.2) is 0 Å². The first-order chi connectivity index (χ1) is 3.42. The van der Waals surface area contributed by atoms with Crippen molar-refractivity contribution in [2.45, 2.75) is 0 Å². The summed E-state index contributed by atoms with van der Waals surface area (Å²) in [4.78, 5) is 10.2. The van der Waals surface area contributed by atoms with Crippen molar-refractivity contribution in [2.24, 2.45) is 0 Å². The molecule has 0 fully saturated rings. The Hall–Kier alpha value is 0.210. The highest BCUT2D eigenvalue weighted by molar-refractivity contribution is 6.63. The van der Waals surface area contributed by atoms with Gasteiger partial charge in [-0.1, -0.05) is 0 Å². The van der Waals surface area contributed by atoms with Crippen LogP contribution in [0, 0.1) is 0 Å². The molecule has 4 heteroatoms. The molecule has 0 aliphatic heterocycles. The van der Waals surface area contributed by atoms with Crippen LogP contribution in [-0.4, -0.2) is 37.4 Å². The van der Waals surface area contributed by atoms with Crippen molar-refractivity contribution >= 4 is 29.3 Å². The largest absolute Gasteiger partial charge is 0.324 e. The summed E-state index contributed by atoms with van der Waals surface area (Å²) in [5, 5.41) is -0.280. The smallest absolute Gasteiger partial charge is 0.276 e. The molecule has 0 aromatic heterocycles. The van der Waals surface area contributed by atoms with Crippen molar-refractivity contribution in [1.82, 2.24) is 0 Å². The Kier molecular flexibility index (Phi) is 5.43. The van der Waals surface area contributed by atoms with Gasteiger partial charge in [-0.3, -0.25) is 4.79 Å². The number of hydrogen-bond donors (Lipinski definition) is 0. The molecule has 0 aromatic carbocycles. The first-order valence-corrected chi connectivity index (χ1v) is 2.78. The number of carbonyl (C=O) groups excluding carboxylic acids is 1. The summed E-state index contributed by atoms with van der Waals surface area (Å²) in [6, 6.07) is 0. The second-order valence-electron chi connectivity index (χ2n) is 2.80. The molecule has 56 valence electrons. The van der Waals surface area contributed by atoms with E-state index in [9.17, 15) is 4.79 Å². The molecule has 0 N–H and O–H groups in total. The fraction of sp³-hybridized carbons (Fsp3) is 0.800. The van der Waals surface area contributed by atoms with E-state index in [1.165, 1.54) is 0 Å². The van der Waals surface area contributed by atoms with Gasteiger partial charge in [0.2, 0.25) is 0 Å². The maximum atomic E-state index is 10.2. The molecule has 0 heterocycles. The normalized spacial score (nSPS) is 10.2. The van der Waals surface area contributed by atoms with E-state index in [0.717, 1.165) is 0 Å². The SMILES string of the molecule is C[N+](C)(C)CC(=O)Cl.Cl. The van der Waals surface area contributed by atoms with Gasteiger partial charge in [0.1, 0.15) is 0 Å². The second-order valence-corrected chi connectivity index (χ2v) is 3.23. The van der Waals surface area contributed by atoms with Crippen LogP contribution in [0.25, 0.3) is 0 Å². The van der Waals surface area contributed by atoms with E-state index in [-0.39, 0.29) is 17.6 Å². The van der Waals surface area contributed by atoms with E-state index in [2.05, 4.69) is 0 Å². The molecule has 0 aliphatic carbocycles. The third-order valence-corrected chi connectivity index (χ3v) is 0.718. The summed E-state index contributed by atoms with van der Waals surface area (Å²) < 4.78 is 0.600. The van der Waals surface area contributed by atoms with Gasteiger partial charge in [-0.2, -0.15) is 0 Å². The molecule has 9 heavy (non-hydrogen) atoms. The first kappa shape index (κ1) is 11.9. The first-order valence-electron chi connectivity index (χ1n) is 2.40. The van der Waals surface area contributed by atoms with E-state index in [1.807, 2.05) is 21.1 Å². The molecule has 2 nitrogen and oxygen atoms in total. The highest BCUT2D eigenvalue weighted by Crippen LogP contribution is 1.91. The van der Waals surface area contributed by atoms with Crippen LogP contribution < -0.4 is 0 Å². The zero-order valence-electron chi connectivity index (χ0n) is 5.85. The second kappa shape index (κ2) is 4.09. The Bertz CT molecular complexity index is 97.6. The van der Waals surface area contributed by atoms with Gasteiger partial charge in [0.05, 0.1) is 21.1 Å². The van der Waals surface area contributed by atoms with Crippen molar-refractivity contribution in [1.29, 1.82) is 0 Å². The number of likely N-dealkylation sites (N-methyl/N-ethyl adjacent to an activating group) is 1. The van der Waals surface area contributed by atoms with Crippen LogP contribution in [0.4, 0.5) is 0 Å². The number of quaternary nitrogens is 1. The number of hydrogen-bond acceptors (Lipinski definition) is 1. The molecule has 0 saturated heterocycles. The van der Waals surface area contributed by atoms with Crippen molar-refractivity contribution in [2.75, 3.05) is 27.7 Å². The Morgan fingerprint density at radius 2 is 1.78 bits per heavy atom. The average Bonchev–Trinajstić information content (AvgIpc) is 1.21. The molecular weight excluding hydrogens is 161 g/mol. The third-order valence-electron chi connectivity index (χ3n) is 0.599. The van der Waals surface area contributed by atoms with E-state index in [1.54, 1.807) is 0 Å². The Morgan fingerprint density at radius 3 is 1.78 bits per heavy atom. The topological polar surface area (TPSA) is 17.1 Å². The minimum Gasteiger partial charge on any atom is -0.324 e. The molecule has 0 saturated carbocycles. The molecular formula is C5H12Cl2NO+. The molecule has 0 radical (unpaired) electrons. The number of halogens is 2. The Balaban J connectivity index is 0. The molecule has 0 aliphatic rings. The zero-order chi connectivity index (χ0) is 6.78. The van der Waals surface area contributed by atoms with E-state index in [4.69, 9.17) is 11.6 Å². The fourth-order valence-corrected chi connectivity index (χ4v) is 0.732. The van der Waals surface area contributed by atoms with Crippen LogP contribution in [0.3, 0.4) is 0 Å². The van der Waals surface area contributed by atoms with Crippen LogP contribution in [0.15, 0.2) is 0 Å². The minimum atomic E-state index is -0.280. The lowest BCUT2D eigenvalue weighted by atomic mass is 10.5. The predicted molar refractivity (Wildman–Crippen MR) is 41.0 cm³/mol. The molecule has 0 spiro atoms. The van der Waals surface area contributed by atoms with E-state index < -0.39 is 0 Å². The zero-order valence-corrected chi connectivity index (χ0v) is 7.42. The van der Waals surface area contributed by atoms with E-state index in [0.29, 0.717) is 11.0 Å². The van der Waals surface area contributed by atoms with Crippen LogP contribution in [0.2, 0.25) is 0 Å². The third kappa shape index (κ3) is 11.7. The molecule has 0 aromatic rings. The van der Waals surface area contributed by atoms with Crippen LogP contribution in [0.1, 0.15) is 0 Å². The lowest BCUT2D eigenvalue weighted by Gasteiger charge is -2.20. The number of rotatable bonds is 2. The van der Waals surface area contributed by atoms with Gasteiger partial charge >= 0.3 is 0 Å². The highest BCUT2D eigenvalue weighted by Gasteiger charge is 2.10. The summed E-state index contributed by atoms with van der Waals surface area (Å²) in [7, 11) is 5.75. The Labute approximate surface area is 66.8 Å². The van der Waals surface area contributed by atoms with Gasteiger partial charge in [-0.05, 0) is 11.6 Å². The highest BCUT2D eigenvalue weighted by atomic mass is 35.5. The minimum absolute atomic E-state index is 0. The number of nitrogens with zero attached hydrogens (tertiary/aromatic N) is 1. The van der Waals surface area contributed by atoms with Gasteiger partial charge in [0.25, 0.3) is 5.24 Å². The van der Waals surface area contributed by atoms with Gasteiger partial charge < -0.3 is 4.48 Å². The van der Waals surface area contributed by atoms with Crippen LogP contribution in [0.5, 0.6) is 0 Å². The van der Waals surface area contributed by atoms with Gasteiger partial charge in [0.15, 0.2) is 6.54 Å². The van der Waals surface area contributed by atoms with Gasteiger partial charge in [-0.15, -0.1) is 12.4 Å². The maximum absolute atomic E-state index is 10.2. The molecule has 0 rings (SSSR count). The summed E-state index contributed by atoms with van der Waals surface area (Å²) in [5.41, 5.74) is 0. The predicted octanol–water partition coefficient (Wildman–Crippen LogP) is 0.880. The van der Waals surface area contributed by atoms with Crippen molar-refractivity contribution in [3.05, 3.63) is 0 Å². The lowest BCUT2D eigenvalue weighted by Crippen LogP contribution is -2.37. The average molecular weight is 173 g/mol.